The molecule has 0 spiro atoms. The number of aromatic nitrogens is 2. The van der Waals surface area contributed by atoms with Crippen LogP contribution in [-0.4, -0.2) is 60.4 Å². The minimum absolute atomic E-state index is 0.0920. The zero-order valence-electron chi connectivity index (χ0n) is 19.7. The van der Waals surface area contributed by atoms with E-state index in [9.17, 15) is 0 Å². The van der Waals surface area contributed by atoms with Crippen LogP contribution in [-0.2, 0) is 4.74 Å². The number of aryl methyl sites for hydroxylation is 1. The highest BCUT2D eigenvalue weighted by Gasteiger charge is 2.29. The van der Waals surface area contributed by atoms with Gasteiger partial charge in [-0.3, -0.25) is 0 Å². The summed E-state index contributed by atoms with van der Waals surface area (Å²) in [5.41, 5.74) is 3.14. The maximum atomic E-state index is 6.27. The number of fused-ring (bicyclic) bond motifs is 2. The molecule has 2 aromatic rings. The van der Waals surface area contributed by atoms with Crippen molar-refractivity contribution in [2.45, 2.75) is 45.3 Å². The predicted molar refractivity (Wildman–Crippen MR) is 135 cm³/mol. The van der Waals surface area contributed by atoms with Gasteiger partial charge >= 0.3 is 0 Å². The number of anilines is 3. The molecule has 7 nitrogen and oxygen atoms in total. The zero-order valence-corrected chi connectivity index (χ0v) is 20.5. The van der Waals surface area contributed by atoms with Gasteiger partial charge in [0.15, 0.2) is 0 Å². The minimum Gasteiger partial charge on any atom is -0.483 e. The molecule has 2 atom stereocenters. The summed E-state index contributed by atoms with van der Waals surface area (Å²) in [6, 6.07) is 6.13. The van der Waals surface area contributed by atoms with Crippen LogP contribution < -0.4 is 20.3 Å². The third kappa shape index (κ3) is 5.08. The SMILES string of the molecule is C1CC(C2CNCCO2)C1.Cc1cccc2c1OC(C)c1c(ncnc1N1CCSCC1)N2. The largest absolute Gasteiger partial charge is 0.483 e. The van der Waals surface area contributed by atoms with Crippen LogP contribution in [0.15, 0.2) is 24.5 Å². The van der Waals surface area contributed by atoms with Crippen LogP contribution in [0, 0.1) is 12.8 Å². The van der Waals surface area contributed by atoms with Gasteiger partial charge < -0.3 is 25.0 Å². The molecule has 1 aromatic heterocycles. The Hall–Kier alpha value is -2.03. The summed E-state index contributed by atoms with van der Waals surface area (Å²) in [6.45, 7) is 9.24. The smallest absolute Gasteiger partial charge is 0.146 e. The molecule has 8 heteroatoms. The molecule has 2 unspecified atom stereocenters. The average molecular weight is 470 g/mol. The topological polar surface area (TPSA) is 71.5 Å². The number of rotatable bonds is 2. The fourth-order valence-electron chi connectivity index (χ4n) is 4.86. The number of nitrogens with one attached hydrogen (secondary N) is 2. The maximum absolute atomic E-state index is 6.27. The van der Waals surface area contributed by atoms with E-state index >= 15 is 0 Å². The lowest BCUT2D eigenvalue weighted by Gasteiger charge is -2.36. The first-order chi connectivity index (χ1) is 16.2. The molecule has 1 aliphatic carbocycles. The van der Waals surface area contributed by atoms with Gasteiger partial charge in [-0.1, -0.05) is 18.6 Å². The molecule has 33 heavy (non-hydrogen) atoms. The number of hydrogen-bond donors (Lipinski definition) is 2. The molecule has 4 heterocycles. The van der Waals surface area contributed by atoms with Crippen LogP contribution in [0.25, 0.3) is 0 Å². The number of hydrogen-bond acceptors (Lipinski definition) is 8. The highest BCUT2D eigenvalue weighted by atomic mass is 32.2. The van der Waals surface area contributed by atoms with Gasteiger partial charge in [-0.2, -0.15) is 11.8 Å². The van der Waals surface area contributed by atoms with E-state index in [0.717, 1.165) is 84.4 Å². The summed E-state index contributed by atoms with van der Waals surface area (Å²) < 4.78 is 11.9. The van der Waals surface area contributed by atoms with Crippen molar-refractivity contribution in [3.8, 4) is 5.75 Å². The Kier molecular flexibility index (Phi) is 7.23. The zero-order chi connectivity index (χ0) is 22.6. The number of benzene rings is 1. The van der Waals surface area contributed by atoms with Crippen LogP contribution in [0.4, 0.5) is 17.3 Å². The number of thioether (sulfide) groups is 1. The molecule has 0 amide bonds. The van der Waals surface area contributed by atoms with Crippen LogP contribution >= 0.6 is 11.8 Å². The number of ether oxygens (including phenoxy) is 2. The van der Waals surface area contributed by atoms with E-state index in [-0.39, 0.29) is 6.10 Å². The lowest BCUT2D eigenvalue weighted by Crippen LogP contribution is -2.44. The van der Waals surface area contributed by atoms with Gasteiger partial charge in [-0.25, -0.2) is 9.97 Å². The van der Waals surface area contributed by atoms with Gasteiger partial charge in [-0.15, -0.1) is 0 Å². The van der Waals surface area contributed by atoms with Gasteiger partial charge in [-0.05, 0) is 44.2 Å². The second-order valence-corrected chi connectivity index (χ2v) is 10.4. The monoisotopic (exact) mass is 469 g/mol. The van der Waals surface area contributed by atoms with Crippen molar-refractivity contribution in [2.75, 3.05) is 54.5 Å². The third-order valence-corrected chi connectivity index (χ3v) is 7.91. The first-order valence-electron chi connectivity index (χ1n) is 12.2. The number of nitrogens with zero attached hydrogens (tertiary/aromatic N) is 3. The summed E-state index contributed by atoms with van der Waals surface area (Å²) in [4.78, 5) is 11.4. The Bertz CT molecular complexity index is 942. The third-order valence-electron chi connectivity index (χ3n) is 6.97. The standard InChI is InChI=1S/C17H20N4OS.C8H15NO/c1-11-4-3-5-13-15(11)22-12(2)14-16(20-13)18-10-19-17(14)21-6-8-23-9-7-21;1-2-7(3-1)8-6-9-4-5-10-8/h3-5,10,12H,6-9H2,1-2H3,(H,18,19,20);7-9H,1-6H2. The lowest BCUT2D eigenvalue weighted by molar-refractivity contribution is -0.0316. The molecule has 3 fully saturated rings. The maximum Gasteiger partial charge on any atom is 0.146 e. The highest BCUT2D eigenvalue weighted by molar-refractivity contribution is 7.99. The van der Waals surface area contributed by atoms with Crippen molar-refractivity contribution in [3.63, 3.8) is 0 Å². The van der Waals surface area contributed by atoms with E-state index in [0.29, 0.717) is 6.10 Å². The van der Waals surface area contributed by atoms with E-state index in [1.807, 2.05) is 23.9 Å². The molecule has 2 saturated heterocycles. The van der Waals surface area contributed by atoms with Gasteiger partial charge in [0.05, 0.1) is 24.0 Å². The summed E-state index contributed by atoms with van der Waals surface area (Å²) in [5.74, 6) is 5.92. The van der Waals surface area contributed by atoms with Crippen molar-refractivity contribution in [2.24, 2.45) is 5.92 Å². The Balaban J connectivity index is 0.000000190. The quantitative estimate of drug-likeness (QED) is 0.674. The molecule has 2 N–H and O–H groups in total. The fraction of sp³-hybridized carbons (Fsp3) is 0.600. The highest BCUT2D eigenvalue weighted by Crippen LogP contribution is 2.42. The average Bonchev–Trinajstić information content (AvgIpc) is 2.96. The second kappa shape index (κ2) is 10.5. The normalized spacial score (nSPS) is 24.6. The van der Waals surface area contributed by atoms with Crippen molar-refractivity contribution >= 4 is 29.1 Å². The van der Waals surface area contributed by atoms with E-state index in [2.05, 4.69) is 45.4 Å². The molecule has 0 bridgehead atoms. The van der Waals surface area contributed by atoms with E-state index in [1.54, 1.807) is 6.33 Å². The molecule has 178 valence electrons. The fourth-order valence-corrected chi connectivity index (χ4v) is 5.76. The van der Waals surface area contributed by atoms with Gasteiger partial charge in [0.1, 0.15) is 29.8 Å². The summed E-state index contributed by atoms with van der Waals surface area (Å²) in [6.07, 6.45) is 6.31. The van der Waals surface area contributed by atoms with Crippen molar-refractivity contribution < 1.29 is 9.47 Å². The van der Waals surface area contributed by atoms with Crippen LogP contribution in [0.5, 0.6) is 5.75 Å². The van der Waals surface area contributed by atoms with Crippen LogP contribution in [0.1, 0.15) is 43.4 Å². The number of morpholine rings is 1. The molecule has 1 aromatic carbocycles. The van der Waals surface area contributed by atoms with Crippen molar-refractivity contribution in [1.82, 2.24) is 15.3 Å². The van der Waals surface area contributed by atoms with Crippen LogP contribution in [0.3, 0.4) is 0 Å². The molecule has 0 radical (unpaired) electrons. The first kappa shape index (κ1) is 22.7. The van der Waals surface area contributed by atoms with Gasteiger partial charge in [0.2, 0.25) is 0 Å². The van der Waals surface area contributed by atoms with E-state index in [1.165, 1.54) is 19.3 Å². The first-order valence-corrected chi connectivity index (χ1v) is 13.4. The van der Waals surface area contributed by atoms with E-state index < -0.39 is 0 Å². The molecular formula is C25H35N5O2S. The molecule has 3 aliphatic heterocycles. The Morgan fingerprint density at radius 2 is 2.00 bits per heavy atom. The van der Waals surface area contributed by atoms with Gasteiger partial charge in [0, 0.05) is 37.7 Å². The summed E-state index contributed by atoms with van der Waals surface area (Å²) >= 11 is 2.00. The van der Waals surface area contributed by atoms with Crippen molar-refractivity contribution in [1.29, 1.82) is 0 Å². The van der Waals surface area contributed by atoms with Gasteiger partial charge in [0.25, 0.3) is 0 Å². The van der Waals surface area contributed by atoms with E-state index in [4.69, 9.17) is 9.47 Å². The van der Waals surface area contributed by atoms with Crippen molar-refractivity contribution in [3.05, 3.63) is 35.7 Å². The van der Waals surface area contributed by atoms with Crippen LogP contribution in [0.2, 0.25) is 0 Å². The molecule has 4 aliphatic rings. The molecule has 1 saturated carbocycles. The Morgan fingerprint density at radius 3 is 2.73 bits per heavy atom. The molecular weight excluding hydrogens is 434 g/mol. The lowest BCUT2D eigenvalue weighted by atomic mass is 9.81. The predicted octanol–water partition coefficient (Wildman–Crippen LogP) is 4.31. The summed E-state index contributed by atoms with van der Waals surface area (Å²) in [5, 5.41) is 6.80. The summed E-state index contributed by atoms with van der Waals surface area (Å²) in [7, 11) is 0. The minimum atomic E-state index is -0.0920. The number of para-hydroxylation sites is 1. The second-order valence-electron chi connectivity index (χ2n) is 9.20. The molecule has 6 rings (SSSR count). The Labute approximate surface area is 201 Å². The Morgan fingerprint density at radius 1 is 1.15 bits per heavy atom.